The van der Waals surface area contributed by atoms with Crippen molar-refractivity contribution in [2.45, 2.75) is 12.8 Å². The van der Waals surface area contributed by atoms with Gasteiger partial charge in [0.05, 0.1) is 11.1 Å². The molecule has 1 aliphatic carbocycles. The highest BCUT2D eigenvalue weighted by Crippen LogP contribution is 2.23. The zero-order chi connectivity index (χ0) is 18.0. The van der Waals surface area contributed by atoms with E-state index in [0.717, 1.165) is 0 Å². The van der Waals surface area contributed by atoms with Crippen LogP contribution in [0.25, 0.3) is 11.1 Å². The number of ketones is 1. The van der Waals surface area contributed by atoms with Crippen molar-refractivity contribution in [2.24, 2.45) is 5.92 Å². The van der Waals surface area contributed by atoms with E-state index in [2.05, 4.69) is 4.98 Å². The summed E-state index contributed by atoms with van der Waals surface area (Å²) < 4.78 is 4.88. The summed E-state index contributed by atoms with van der Waals surface area (Å²) in [6.07, 6.45) is 5.19. The zero-order valence-electron chi connectivity index (χ0n) is 13.0. The standard InChI is InChI=1S/C18H14N2O5/c19-9-12(7-10-1-4-14(21)15(22)5-2-10)17(23)11-3-6-16-13(8-11)20-18(24)25-16/h1,3-4,6-8,10,21-22H,2,5H2,(H,20,24)/b12-7+. The molecule has 3 N–H and O–H groups in total. The summed E-state index contributed by atoms with van der Waals surface area (Å²) in [5.41, 5.74) is 0.897. The third-order valence-corrected chi connectivity index (χ3v) is 3.94. The number of hydrogen-bond donors (Lipinski definition) is 3. The summed E-state index contributed by atoms with van der Waals surface area (Å²) in [5.74, 6) is -1.71. The molecule has 0 fully saturated rings. The van der Waals surface area contributed by atoms with Crippen LogP contribution >= 0.6 is 0 Å². The van der Waals surface area contributed by atoms with Crippen molar-refractivity contribution in [1.29, 1.82) is 5.26 Å². The number of carbonyl (C=O) groups excluding carboxylic acids is 1. The second-order valence-electron chi connectivity index (χ2n) is 5.64. The Morgan fingerprint density at radius 3 is 2.96 bits per heavy atom. The predicted octanol–water partition coefficient (Wildman–Crippen LogP) is 3.05. The average molecular weight is 338 g/mol. The number of allylic oxidation sites excluding steroid dienone is 5. The molecule has 0 amide bonds. The normalized spacial score (nSPS) is 18.2. The molecule has 126 valence electrons. The number of benzene rings is 1. The molecule has 0 spiro atoms. The number of aromatic amines is 1. The number of aliphatic hydroxyl groups excluding tert-OH is 2. The van der Waals surface area contributed by atoms with Gasteiger partial charge in [-0.05, 0) is 36.6 Å². The smallest absolute Gasteiger partial charge is 0.417 e. The highest BCUT2D eigenvalue weighted by atomic mass is 16.4. The zero-order valence-corrected chi connectivity index (χ0v) is 13.0. The lowest BCUT2D eigenvalue weighted by molar-refractivity contribution is 0.103. The van der Waals surface area contributed by atoms with E-state index >= 15 is 0 Å². The van der Waals surface area contributed by atoms with Crippen LogP contribution in [0.1, 0.15) is 23.2 Å². The molecular weight excluding hydrogens is 324 g/mol. The molecule has 1 aliphatic rings. The molecule has 0 saturated heterocycles. The minimum Gasteiger partial charge on any atom is -0.508 e. The van der Waals surface area contributed by atoms with Crippen LogP contribution in [0.2, 0.25) is 0 Å². The van der Waals surface area contributed by atoms with Crippen LogP contribution in [0.5, 0.6) is 0 Å². The van der Waals surface area contributed by atoms with E-state index in [1.807, 2.05) is 6.07 Å². The van der Waals surface area contributed by atoms with Gasteiger partial charge in [0, 0.05) is 12.0 Å². The van der Waals surface area contributed by atoms with Crippen molar-refractivity contribution in [3.63, 3.8) is 0 Å². The molecule has 0 saturated carbocycles. The van der Waals surface area contributed by atoms with Crippen LogP contribution in [-0.4, -0.2) is 21.0 Å². The predicted molar refractivity (Wildman–Crippen MR) is 89.0 cm³/mol. The fourth-order valence-corrected chi connectivity index (χ4v) is 2.60. The third-order valence-electron chi connectivity index (χ3n) is 3.94. The fourth-order valence-electron chi connectivity index (χ4n) is 2.60. The maximum absolute atomic E-state index is 12.6. The van der Waals surface area contributed by atoms with Gasteiger partial charge in [0.15, 0.2) is 11.3 Å². The topological polar surface area (TPSA) is 127 Å². The first kappa shape index (κ1) is 16.3. The Balaban J connectivity index is 1.89. The Morgan fingerprint density at radius 2 is 2.20 bits per heavy atom. The number of hydrogen-bond acceptors (Lipinski definition) is 6. The van der Waals surface area contributed by atoms with Gasteiger partial charge in [0.1, 0.15) is 11.8 Å². The first-order valence-corrected chi connectivity index (χ1v) is 7.56. The molecule has 2 aromatic rings. The summed E-state index contributed by atoms with van der Waals surface area (Å²) in [7, 11) is 0. The Morgan fingerprint density at radius 1 is 1.40 bits per heavy atom. The maximum atomic E-state index is 12.6. The van der Waals surface area contributed by atoms with Gasteiger partial charge in [-0.3, -0.25) is 9.78 Å². The molecule has 1 atom stereocenters. The minimum atomic E-state index is -0.619. The van der Waals surface area contributed by atoms with E-state index in [1.54, 1.807) is 6.08 Å². The number of nitriles is 1. The monoisotopic (exact) mass is 338 g/mol. The number of Topliss-reactive ketones (excluding diaryl/α,β-unsaturated/α-hetero) is 1. The summed E-state index contributed by atoms with van der Waals surface area (Å²) >= 11 is 0. The highest BCUT2D eigenvalue weighted by molar-refractivity contribution is 6.12. The van der Waals surface area contributed by atoms with Crippen LogP contribution < -0.4 is 5.76 Å². The second kappa shape index (κ2) is 6.53. The van der Waals surface area contributed by atoms with Crippen molar-refractivity contribution >= 4 is 16.9 Å². The number of aromatic nitrogens is 1. The van der Waals surface area contributed by atoms with Gasteiger partial charge < -0.3 is 14.6 Å². The van der Waals surface area contributed by atoms with Crippen LogP contribution in [0.4, 0.5) is 0 Å². The fraction of sp³-hybridized carbons (Fsp3) is 0.167. The highest BCUT2D eigenvalue weighted by Gasteiger charge is 2.17. The van der Waals surface area contributed by atoms with Gasteiger partial charge in [0.2, 0.25) is 5.78 Å². The molecule has 1 unspecified atom stereocenters. The molecule has 3 rings (SSSR count). The van der Waals surface area contributed by atoms with E-state index in [4.69, 9.17) is 4.42 Å². The number of H-pyrrole nitrogens is 1. The average Bonchev–Trinajstić information content (AvgIpc) is 2.90. The number of oxazole rings is 1. The Labute approximate surface area is 141 Å². The molecule has 1 heterocycles. The van der Waals surface area contributed by atoms with Gasteiger partial charge in [-0.25, -0.2) is 4.79 Å². The van der Waals surface area contributed by atoms with Crippen molar-refractivity contribution < 1.29 is 19.4 Å². The van der Waals surface area contributed by atoms with Gasteiger partial charge in [0.25, 0.3) is 0 Å². The number of nitrogens with zero attached hydrogens (tertiary/aromatic N) is 1. The number of fused-ring (bicyclic) bond motifs is 1. The first-order chi connectivity index (χ1) is 12.0. The SMILES string of the molecule is N#C/C(=C\C1C=CC(O)=C(O)CC1)C(=O)c1ccc2oc(=O)[nH]c2c1. The molecule has 0 aliphatic heterocycles. The van der Waals surface area contributed by atoms with Crippen molar-refractivity contribution in [2.75, 3.05) is 0 Å². The number of nitrogens with one attached hydrogen (secondary N) is 1. The number of aliphatic hydroxyl groups is 2. The molecular formula is C18H14N2O5. The lowest BCUT2D eigenvalue weighted by Crippen LogP contribution is -2.05. The van der Waals surface area contributed by atoms with Crippen LogP contribution in [0, 0.1) is 17.2 Å². The molecule has 7 heteroatoms. The molecule has 0 bridgehead atoms. The second-order valence-corrected chi connectivity index (χ2v) is 5.64. The molecule has 1 aromatic heterocycles. The summed E-state index contributed by atoms with van der Waals surface area (Å²) in [6, 6.07) is 6.31. The third kappa shape index (κ3) is 3.38. The summed E-state index contributed by atoms with van der Waals surface area (Å²) in [4.78, 5) is 26.2. The summed E-state index contributed by atoms with van der Waals surface area (Å²) in [5, 5.41) is 28.4. The quantitative estimate of drug-likeness (QED) is 0.448. The van der Waals surface area contributed by atoms with Crippen molar-refractivity contribution in [1.82, 2.24) is 4.98 Å². The lowest BCUT2D eigenvalue weighted by Gasteiger charge is -2.06. The van der Waals surface area contributed by atoms with E-state index < -0.39 is 11.5 Å². The van der Waals surface area contributed by atoms with Gasteiger partial charge in [-0.1, -0.05) is 12.2 Å². The minimum absolute atomic E-state index is 0.0549. The molecule has 7 nitrogen and oxygen atoms in total. The number of carbonyl (C=O) groups is 1. The van der Waals surface area contributed by atoms with Crippen molar-refractivity contribution in [3.8, 4) is 6.07 Å². The van der Waals surface area contributed by atoms with Crippen LogP contribution in [-0.2, 0) is 0 Å². The van der Waals surface area contributed by atoms with Crippen LogP contribution in [0.3, 0.4) is 0 Å². The Hall–Kier alpha value is -3.53. The molecule has 25 heavy (non-hydrogen) atoms. The lowest BCUT2D eigenvalue weighted by atomic mass is 9.96. The van der Waals surface area contributed by atoms with Gasteiger partial charge in [-0.2, -0.15) is 5.26 Å². The van der Waals surface area contributed by atoms with E-state index in [9.17, 15) is 25.1 Å². The van der Waals surface area contributed by atoms with Crippen LogP contribution in [0.15, 0.2) is 62.7 Å². The van der Waals surface area contributed by atoms with E-state index in [1.165, 1.54) is 30.4 Å². The largest absolute Gasteiger partial charge is 0.508 e. The number of rotatable bonds is 3. The first-order valence-electron chi connectivity index (χ1n) is 7.56. The van der Waals surface area contributed by atoms with Crippen molar-refractivity contribution in [3.05, 3.63) is 69.6 Å². The van der Waals surface area contributed by atoms with Gasteiger partial charge >= 0.3 is 5.76 Å². The molecule has 1 aromatic carbocycles. The molecule has 0 radical (unpaired) electrons. The summed E-state index contributed by atoms with van der Waals surface area (Å²) in [6.45, 7) is 0. The Kier molecular flexibility index (Phi) is 4.27. The van der Waals surface area contributed by atoms with E-state index in [-0.39, 0.29) is 35.0 Å². The van der Waals surface area contributed by atoms with E-state index in [0.29, 0.717) is 17.5 Å². The maximum Gasteiger partial charge on any atom is 0.417 e. The van der Waals surface area contributed by atoms with Gasteiger partial charge in [-0.15, -0.1) is 0 Å². The Bertz CT molecular complexity index is 1030.